The van der Waals surface area contributed by atoms with Crippen LogP contribution >= 0.6 is 0 Å². The first-order valence-corrected chi connectivity index (χ1v) is 4.20. The van der Waals surface area contributed by atoms with E-state index in [1.165, 1.54) is 0 Å². The van der Waals surface area contributed by atoms with Gasteiger partial charge in [-0.2, -0.15) is 5.26 Å². The third-order valence-corrected chi connectivity index (χ3v) is 1.64. The Bertz CT molecular complexity index is 193. The second kappa shape index (κ2) is 4.73. The van der Waals surface area contributed by atoms with Crippen molar-refractivity contribution < 1.29 is 4.79 Å². The molecule has 1 saturated carbocycles. The number of rotatable bonds is 5. The zero-order valence-electron chi connectivity index (χ0n) is 6.97. The van der Waals surface area contributed by atoms with E-state index in [9.17, 15) is 4.79 Å². The van der Waals surface area contributed by atoms with Gasteiger partial charge in [0.25, 0.3) is 0 Å². The molecule has 1 aliphatic rings. The Hall–Kier alpha value is -1.08. The van der Waals surface area contributed by atoms with Gasteiger partial charge in [0.15, 0.2) is 0 Å². The van der Waals surface area contributed by atoms with Crippen molar-refractivity contribution in [2.24, 2.45) is 0 Å². The Balaban J connectivity index is 1.91. The van der Waals surface area contributed by atoms with Crippen LogP contribution in [0.2, 0.25) is 0 Å². The molecule has 2 N–H and O–H groups in total. The van der Waals surface area contributed by atoms with Crippen LogP contribution in [-0.2, 0) is 4.79 Å². The van der Waals surface area contributed by atoms with Crippen molar-refractivity contribution in [2.45, 2.75) is 25.3 Å². The first-order chi connectivity index (χ1) is 5.83. The number of hydrogen-bond donors (Lipinski definition) is 2. The molecule has 0 heterocycles. The Morgan fingerprint density at radius 1 is 1.58 bits per heavy atom. The smallest absolute Gasteiger partial charge is 0.234 e. The summed E-state index contributed by atoms with van der Waals surface area (Å²) in [7, 11) is 0. The van der Waals surface area contributed by atoms with E-state index in [1.54, 1.807) is 0 Å². The molecule has 1 fully saturated rings. The first-order valence-electron chi connectivity index (χ1n) is 4.20. The minimum Gasteiger partial charge on any atom is -0.352 e. The Kier molecular flexibility index (Phi) is 3.55. The summed E-state index contributed by atoms with van der Waals surface area (Å²) in [6, 6.07) is 2.43. The van der Waals surface area contributed by atoms with Crippen molar-refractivity contribution in [1.82, 2.24) is 10.6 Å². The SMILES string of the molecule is N#CCCNCC(=O)NC1CC1. The molecule has 4 heteroatoms. The van der Waals surface area contributed by atoms with Crippen LogP contribution < -0.4 is 10.6 Å². The van der Waals surface area contributed by atoms with E-state index >= 15 is 0 Å². The number of carbonyl (C=O) groups excluding carboxylic acids is 1. The highest BCUT2D eigenvalue weighted by Crippen LogP contribution is 2.17. The monoisotopic (exact) mass is 167 g/mol. The predicted octanol–water partition coefficient (Wildman–Crippen LogP) is -0.232. The predicted molar refractivity (Wildman–Crippen MR) is 44.3 cm³/mol. The molecule has 0 bridgehead atoms. The van der Waals surface area contributed by atoms with Crippen LogP contribution in [0.5, 0.6) is 0 Å². The molecule has 1 rings (SSSR count). The van der Waals surface area contributed by atoms with Gasteiger partial charge in [-0.25, -0.2) is 0 Å². The van der Waals surface area contributed by atoms with E-state index in [1.807, 2.05) is 6.07 Å². The van der Waals surface area contributed by atoms with Gasteiger partial charge in [0.2, 0.25) is 5.91 Å². The molecule has 0 spiro atoms. The van der Waals surface area contributed by atoms with Crippen LogP contribution in [0, 0.1) is 11.3 Å². The van der Waals surface area contributed by atoms with E-state index in [-0.39, 0.29) is 5.91 Å². The molecule has 0 aromatic heterocycles. The Morgan fingerprint density at radius 3 is 2.92 bits per heavy atom. The zero-order chi connectivity index (χ0) is 8.81. The van der Waals surface area contributed by atoms with Gasteiger partial charge >= 0.3 is 0 Å². The fourth-order valence-corrected chi connectivity index (χ4v) is 0.853. The first kappa shape index (κ1) is 9.01. The topological polar surface area (TPSA) is 64.9 Å². The van der Waals surface area contributed by atoms with Gasteiger partial charge in [-0.3, -0.25) is 4.79 Å². The molecule has 4 nitrogen and oxygen atoms in total. The summed E-state index contributed by atoms with van der Waals surface area (Å²) >= 11 is 0. The molecule has 1 aliphatic carbocycles. The summed E-state index contributed by atoms with van der Waals surface area (Å²) in [5.74, 6) is 0.0374. The number of carbonyl (C=O) groups is 1. The fourth-order valence-electron chi connectivity index (χ4n) is 0.853. The number of hydrogen-bond acceptors (Lipinski definition) is 3. The molecule has 0 saturated heterocycles. The average molecular weight is 167 g/mol. The minimum atomic E-state index is 0.0374. The molecule has 0 aromatic carbocycles. The Labute approximate surface area is 71.9 Å². The number of nitrogens with one attached hydrogen (secondary N) is 2. The highest BCUT2D eigenvalue weighted by molar-refractivity contribution is 5.78. The summed E-state index contributed by atoms with van der Waals surface area (Å²) in [4.78, 5) is 11.0. The lowest BCUT2D eigenvalue weighted by atomic mass is 10.4. The second-order valence-corrected chi connectivity index (χ2v) is 2.93. The van der Waals surface area contributed by atoms with Gasteiger partial charge in [-0.1, -0.05) is 0 Å². The molecule has 12 heavy (non-hydrogen) atoms. The summed E-state index contributed by atoms with van der Waals surface area (Å²) in [6.45, 7) is 0.923. The second-order valence-electron chi connectivity index (χ2n) is 2.93. The number of nitrogens with zero attached hydrogens (tertiary/aromatic N) is 1. The molecular formula is C8H13N3O. The molecule has 66 valence electrons. The zero-order valence-corrected chi connectivity index (χ0v) is 6.97. The Morgan fingerprint density at radius 2 is 2.33 bits per heavy atom. The molecule has 1 amide bonds. The molecular weight excluding hydrogens is 154 g/mol. The maximum absolute atomic E-state index is 11.0. The highest BCUT2D eigenvalue weighted by Gasteiger charge is 2.22. The van der Waals surface area contributed by atoms with Gasteiger partial charge in [-0.05, 0) is 12.8 Å². The van der Waals surface area contributed by atoms with Crippen LogP contribution in [0.15, 0.2) is 0 Å². The van der Waals surface area contributed by atoms with Crippen molar-refractivity contribution >= 4 is 5.91 Å². The van der Waals surface area contributed by atoms with Crippen LogP contribution in [0.25, 0.3) is 0 Å². The van der Waals surface area contributed by atoms with Gasteiger partial charge < -0.3 is 10.6 Å². The van der Waals surface area contributed by atoms with Gasteiger partial charge in [0.1, 0.15) is 0 Å². The van der Waals surface area contributed by atoms with E-state index < -0.39 is 0 Å². The summed E-state index contributed by atoms with van der Waals surface area (Å²) < 4.78 is 0. The average Bonchev–Trinajstić information content (AvgIpc) is 2.82. The largest absolute Gasteiger partial charge is 0.352 e. The van der Waals surface area contributed by atoms with Crippen molar-refractivity contribution in [2.75, 3.05) is 13.1 Å². The molecule has 0 aromatic rings. The van der Waals surface area contributed by atoms with E-state index in [0.29, 0.717) is 25.6 Å². The van der Waals surface area contributed by atoms with Gasteiger partial charge in [-0.15, -0.1) is 0 Å². The maximum atomic E-state index is 11.0. The lowest BCUT2D eigenvalue weighted by molar-refractivity contribution is -0.120. The van der Waals surface area contributed by atoms with Crippen molar-refractivity contribution in [3.63, 3.8) is 0 Å². The number of nitriles is 1. The van der Waals surface area contributed by atoms with Crippen molar-refractivity contribution in [3.8, 4) is 6.07 Å². The molecule has 0 atom stereocenters. The molecule has 0 unspecified atom stereocenters. The number of amides is 1. The lowest BCUT2D eigenvalue weighted by Gasteiger charge is -2.02. The van der Waals surface area contributed by atoms with Crippen molar-refractivity contribution in [1.29, 1.82) is 5.26 Å². The maximum Gasteiger partial charge on any atom is 0.234 e. The molecule has 0 radical (unpaired) electrons. The third kappa shape index (κ3) is 3.94. The summed E-state index contributed by atoms with van der Waals surface area (Å²) in [5.41, 5.74) is 0. The fraction of sp³-hybridized carbons (Fsp3) is 0.750. The van der Waals surface area contributed by atoms with E-state index in [0.717, 1.165) is 12.8 Å². The highest BCUT2D eigenvalue weighted by atomic mass is 16.2. The van der Waals surface area contributed by atoms with E-state index in [2.05, 4.69) is 10.6 Å². The summed E-state index contributed by atoms with van der Waals surface area (Å²) in [5, 5.41) is 13.9. The van der Waals surface area contributed by atoms with Crippen LogP contribution in [0.1, 0.15) is 19.3 Å². The third-order valence-electron chi connectivity index (χ3n) is 1.64. The van der Waals surface area contributed by atoms with Crippen LogP contribution in [0.4, 0.5) is 0 Å². The molecule has 0 aliphatic heterocycles. The van der Waals surface area contributed by atoms with E-state index in [4.69, 9.17) is 5.26 Å². The van der Waals surface area contributed by atoms with Gasteiger partial charge in [0.05, 0.1) is 12.6 Å². The minimum absolute atomic E-state index is 0.0374. The van der Waals surface area contributed by atoms with Crippen molar-refractivity contribution in [3.05, 3.63) is 0 Å². The standard InChI is InChI=1S/C8H13N3O/c9-4-1-5-10-6-8(12)11-7-2-3-7/h7,10H,1-3,5-6H2,(H,11,12). The lowest BCUT2D eigenvalue weighted by Crippen LogP contribution is -2.35. The normalized spacial score (nSPS) is 15.2. The summed E-state index contributed by atoms with van der Waals surface area (Å²) in [6.07, 6.45) is 2.69. The van der Waals surface area contributed by atoms with Gasteiger partial charge in [0, 0.05) is 19.0 Å². The quantitative estimate of drug-likeness (QED) is 0.556. The van der Waals surface area contributed by atoms with Crippen LogP contribution in [-0.4, -0.2) is 25.0 Å². The van der Waals surface area contributed by atoms with Crippen LogP contribution in [0.3, 0.4) is 0 Å².